The second-order valence-electron chi connectivity index (χ2n) is 6.33. The monoisotopic (exact) mass is 342 g/mol. The molecule has 0 bridgehead atoms. The van der Waals surface area contributed by atoms with Gasteiger partial charge >= 0.3 is 0 Å². The van der Waals surface area contributed by atoms with Gasteiger partial charge < -0.3 is 4.52 Å². The lowest BCUT2D eigenvalue weighted by molar-refractivity contribution is 0.373. The molecule has 3 aromatic rings. The number of hydrogen-bond acceptors (Lipinski definition) is 5. The minimum Gasteiger partial charge on any atom is -0.338 e. The molecule has 0 amide bonds. The predicted molar refractivity (Wildman–Crippen MR) is 95.7 cm³/mol. The van der Waals surface area contributed by atoms with E-state index in [2.05, 4.69) is 72.5 Å². The van der Waals surface area contributed by atoms with E-state index < -0.39 is 0 Å². The summed E-state index contributed by atoms with van der Waals surface area (Å²) in [6, 6.07) is 6.49. The highest BCUT2D eigenvalue weighted by Gasteiger charge is 2.19. The van der Waals surface area contributed by atoms with Crippen molar-refractivity contribution in [2.24, 2.45) is 0 Å². The van der Waals surface area contributed by atoms with Gasteiger partial charge in [0, 0.05) is 24.0 Å². The fraction of sp³-hybridized carbons (Fsp3) is 0.389. The Bertz CT molecular complexity index is 817. The fourth-order valence-electron chi connectivity index (χ4n) is 2.52. The van der Waals surface area contributed by atoms with E-state index in [1.807, 2.05) is 12.4 Å². The maximum atomic E-state index is 5.40. The van der Waals surface area contributed by atoms with Gasteiger partial charge in [0.1, 0.15) is 0 Å². The van der Waals surface area contributed by atoms with Gasteiger partial charge in [-0.1, -0.05) is 36.8 Å². The molecule has 2 heterocycles. The molecule has 1 aromatic carbocycles. The maximum Gasteiger partial charge on any atom is 0.239 e. The third-order valence-corrected chi connectivity index (χ3v) is 4.76. The number of aromatic nitrogens is 4. The summed E-state index contributed by atoms with van der Waals surface area (Å²) in [5, 5.41) is 5.00. The lowest BCUT2D eigenvalue weighted by atomic mass is 10.1. The Kier molecular flexibility index (Phi) is 4.76. The SMILES string of the molecule is Cc1cc(C)cc(-n2ccnc2S[C@H](C)c2nc(C(C)C)no2)c1. The quantitative estimate of drug-likeness (QED) is 0.620. The molecular formula is C18H22N4OS. The average molecular weight is 342 g/mol. The minimum atomic E-state index is 0.0389. The second-order valence-corrected chi connectivity index (χ2v) is 7.64. The van der Waals surface area contributed by atoms with Gasteiger partial charge in [-0.2, -0.15) is 4.98 Å². The van der Waals surface area contributed by atoms with E-state index in [9.17, 15) is 0 Å². The second kappa shape index (κ2) is 6.81. The molecule has 3 rings (SSSR count). The molecule has 0 aliphatic rings. The number of imidazole rings is 1. The largest absolute Gasteiger partial charge is 0.338 e. The third-order valence-electron chi connectivity index (χ3n) is 3.70. The van der Waals surface area contributed by atoms with E-state index in [1.165, 1.54) is 11.1 Å². The Morgan fingerprint density at radius 2 is 1.79 bits per heavy atom. The summed E-state index contributed by atoms with van der Waals surface area (Å²) in [5.41, 5.74) is 3.59. The van der Waals surface area contributed by atoms with Crippen LogP contribution in [0.3, 0.4) is 0 Å². The molecular weight excluding hydrogens is 320 g/mol. The van der Waals surface area contributed by atoms with Crippen LogP contribution in [0.25, 0.3) is 5.69 Å². The number of hydrogen-bond donors (Lipinski definition) is 0. The Morgan fingerprint density at radius 1 is 1.08 bits per heavy atom. The van der Waals surface area contributed by atoms with Crippen LogP contribution in [0.15, 0.2) is 40.3 Å². The van der Waals surface area contributed by atoms with Gasteiger partial charge in [-0.3, -0.25) is 4.57 Å². The van der Waals surface area contributed by atoms with Crippen molar-refractivity contribution < 1.29 is 4.52 Å². The maximum absolute atomic E-state index is 5.40. The van der Waals surface area contributed by atoms with Crippen LogP contribution in [0.4, 0.5) is 0 Å². The van der Waals surface area contributed by atoms with Gasteiger partial charge in [-0.05, 0) is 44.0 Å². The summed E-state index contributed by atoms with van der Waals surface area (Å²) < 4.78 is 7.50. The lowest BCUT2D eigenvalue weighted by Crippen LogP contribution is -1.99. The molecule has 0 spiro atoms. The normalized spacial score (nSPS) is 12.8. The first kappa shape index (κ1) is 16.8. The average Bonchev–Trinajstić information content (AvgIpc) is 3.15. The Morgan fingerprint density at radius 3 is 2.42 bits per heavy atom. The van der Waals surface area contributed by atoms with Gasteiger partial charge in [0.2, 0.25) is 5.89 Å². The number of thioether (sulfide) groups is 1. The van der Waals surface area contributed by atoms with E-state index in [-0.39, 0.29) is 11.2 Å². The minimum absolute atomic E-state index is 0.0389. The van der Waals surface area contributed by atoms with E-state index in [0.717, 1.165) is 16.7 Å². The van der Waals surface area contributed by atoms with E-state index in [4.69, 9.17) is 4.52 Å². The van der Waals surface area contributed by atoms with Gasteiger partial charge in [-0.15, -0.1) is 0 Å². The van der Waals surface area contributed by atoms with Crippen LogP contribution in [-0.4, -0.2) is 19.7 Å². The first-order chi connectivity index (χ1) is 11.4. The van der Waals surface area contributed by atoms with Crippen LogP contribution < -0.4 is 0 Å². The highest BCUT2D eigenvalue weighted by molar-refractivity contribution is 7.99. The first-order valence-electron chi connectivity index (χ1n) is 8.06. The molecule has 0 unspecified atom stereocenters. The van der Waals surface area contributed by atoms with Crippen molar-refractivity contribution in [1.82, 2.24) is 19.7 Å². The molecule has 0 radical (unpaired) electrons. The van der Waals surface area contributed by atoms with Crippen molar-refractivity contribution in [3.05, 3.63) is 53.4 Å². The number of aryl methyl sites for hydroxylation is 2. The molecule has 126 valence electrons. The zero-order chi connectivity index (χ0) is 17.3. The number of benzene rings is 1. The summed E-state index contributed by atoms with van der Waals surface area (Å²) in [5.74, 6) is 1.64. The molecule has 0 saturated heterocycles. The smallest absolute Gasteiger partial charge is 0.239 e. The summed E-state index contributed by atoms with van der Waals surface area (Å²) in [7, 11) is 0. The third kappa shape index (κ3) is 3.53. The van der Waals surface area contributed by atoms with E-state index >= 15 is 0 Å². The van der Waals surface area contributed by atoms with Gasteiger partial charge in [0.05, 0.1) is 5.25 Å². The zero-order valence-corrected chi connectivity index (χ0v) is 15.5. The Labute approximate surface area is 146 Å². The molecule has 0 aliphatic carbocycles. The number of rotatable bonds is 5. The van der Waals surface area contributed by atoms with Crippen LogP contribution in [-0.2, 0) is 0 Å². The predicted octanol–water partition coefficient (Wildman–Crippen LogP) is 4.85. The summed E-state index contributed by atoms with van der Waals surface area (Å²) in [4.78, 5) is 8.98. The zero-order valence-electron chi connectivity index (χ0n) is 14.6. The van der Waals surface area contributed by atoms with Crippen molar-refractivity contribution >= 4 is 11.8 Å². The molecule has 2 aromatic heterocycles. The van der Waals surface area contributed by atoms with Gasteiger partial charge in [0.25, 0.3) is 0 Å². The van der Waals surface area contributed by atoms with Crippen LogP contribution in [0.5, 0.6) is 0 Å². The van der Waals surface area contributed by atoms with E-state index in [0.29, 0.717) is 5.89 Å². The highest BCUT2D eigenvalue weighted by atomic mass is 32.2. The fourth-order valence-corrected chi connectivity index (χ4v) is 3.43. The molecule has 0 fully saturated rings. The van der Waals surface area contributed by atoms with Crippen molar-refractivity contribution in [2.75, 3.05) is 0 Å². The molecule has 0 N–H and O–H groups in total. The molecule has 1 atom stereocenters. The topological polar surface area (TPSA) is 56.7 Å². The van der Waals surface area contributed by atoms with E-state index in [1.54, 1.807) is 11.8 Å². The first-order valence-corrected chi connectivity index (χ1v) is 8.94. The van der Waals surface area contributed by atoms with Crippen LogP contribution in [0.1, 0.15) is 54.8 Å². The van der Waals surface area contributed by atoms with Gasteiger partial charge in [-0.25, -0.2) is 4.98 Å². The summed E-state index contributed by atoms with van der Waals surface area (Å²) >= 11 is 1.62. The standard InChI is InChI=1S/C18H22N4OS/c1-11(2)16-20-17(23-21-16)14(5)24-18-19-6-7-22(18)15-9-12(3)8-13(4)10-15/h6-11,14H,1-5H3/t14-/m1/s1. The Hall–Kier alpha value is -2.08. The molecule has 5 nitrogen and oxygen atoms in total. The number of nitrogens with zero attached hydrogens (tertiary/aromatic N) is 4. The molecule has 0 saturated carbocycles. The molecule has 24 heavy (non-hydrogen) atoms. The van der Waals surface area contributed by atoms with Crippen molar-refractivity contribution in [3.8, 4) is 5.69 Å². The van der Waals surface area contributed by atoms with Crippen molar-refractivity contribution in [2.45, 2.75) is 50.9 Å². The van der Waals surface area contributed by atoms with Crippen LogP contribution >= 0.6 is 11.8 Å². The van der Waals surface area contributed by atoms with Crippen molar-refractivity contribution in [3.63, 3.8) is 0 Å². The summed E-state index contributed by atoms with van der Waals surface area (Å²) in [6.45, 7) is 10.4. The lowest BCUT2D eigenvalue weighted by Gasteiger charge is -2.11. The van der Waals surface area contributed by atoms with Crippen LogP contribution in [0, 0.1) is 13.8 Å². The van der Waals surface area contributed by atoms with Crippen molar-refractivity contribution in [1.29, 1.82) is 0 Å². The molecule has 0 aliphatic heterocycles. The Balaban J connectivity index is 1.84. The molecule has 6 heteroatoms. The highest BCUT2D eigenvalue weighted by Crippen LogP contribution is 2.34. The van der Waals surface area contributed by atoms with Crippen LogP contribution in [0.2, 0.25) is 0 Å². The summed E-state index contributed by atoms with van der Waals surface area (Å²) in [6.07, 6.45) is 3.80. The van der Waals surface area contributed by atoms with Gasteiger partial charge in [0.15, 0.2) is 11.0 Å².